The van der Waals surface area contributed by atoms with Gasteiger partial charge in [-0.1, -0.05) is 0 Å². The van der Waals surface area contributed by atoms with Gasteiger partial charge in [-0.2, -0.15) is 0 Å². The normalized spacial score (nSPS) is 17.0. The number of aliphatic hydroxyl groups excluding tert-OH is 2. The fraction of sp³-hybridized carbons (Fsp3) is 1.00. The molecule has 0 bridgehead atoms. The molecule has 0 fully saturated rings. The van der Waals surface area contributed by atoms with Gasteiger partial charge < -0.3 is 20.3 Å². The monoisotopic (exact) mass is 134 g/mol. The maximum absolute atomic E-state index is 8.64. The second-order valence-corrected chi connectivity index (χ2v) is 2.07. The van der Waals surface area contributed by atoms with Gasteiger partial charge in [0.25, 0.3) is 0 Å². The van der Waals surface area contributed by atoms with E-state index in [9.17, 15) is 0 Å². The predicted octanol–water partition coefficient (Wildman–Crippen LogP) is -1.87. The van der Waals surface area contributed by atoms with E-state index in [1.807, 2.05) is 0 Å². The van der Waals surface area contributed by atoms with Crippen LogP contribution in [-0.2, 0) is 0 Å². The summed E-state index contributed by atoms with van der Waals surface area (Å²) in [6.07, 6.45) is -0.723. The third kappa shape index (κ3) is 4.41. The Balaban J connectivity index is 3.38. The molecule has 0 aromatic carbocycles. The highest BCUT2D eigenvalue weighted by molar-refractivity contribution is 6.42. The standard InChI is InChI=1S/C4H11BO4/c1-3(6)2-4(7)5(8)9/h3-4,6-9H,2H2,1H3. The van der Waals surface area contributed by atoms with Crippen LogP contribution in [0.1, 0.15) is 13.3 Å². The second-order valence-electron chi connectivity index (χ2n) is 2.07. The Bertz CT molecular complexity index is 75.0. The summed E-state index contributed by atoms with van der Waals surface area (Å²) >= 11 is 0. The van der Waals surface area contributed by atoms with Gasteiger partial charge in [-0.25, -0.2) is 0 Å². The number of aliphatic hydroxyl groups is 2. The van der Waals surface area contributed by atoms with E-state index in [0.717, 1.165) is 0 Å². The quantitative estimate of drug-likeness (QED) is 0.341. The molecule has 0 saturated carbocycles. The Labute approximate surface area is 53.9 Å². The summed E-state index contributed by atoms with van der Waals surface area (Å²) in [6, 6.07) is -1.25. The van der Waals surface area contributed by atoms with Crippen LogP contribution in [0.25, 0.3) is 0 Å². The molecule has 0 aliphatic heterocycles. The van der Waals surface area contributed by atoms with Crippen LogP contribution in [-0.4, -0.2) is 39.5 Å². The number of hydrogen-bond acceptors (Lipinski definition) is 4. The van der Waals surface area contributed by atoms with Gasteiger partial charge in [0.15, 0.2) is 0 Å². The lowest BCUT2D eigenvalue weighted by Gasteiger charge is -2.09. The first-order valence-corrected chi connectivity index (χ1v) is 2.76. The Morgan fingerprint density at radius 1 is 1.33 bits per heavy atom. The van der Waals surface area contributed by atoms with E-state index in [1.165, 1.54) is 6.92 Å². The van der Waals surface area contributed by atoms with Crippen LogP contribution >= 0.6 is 0 Å². The number of hydrogen-bond donors (Lipinski definition) is 4. The maximum Gasteiger partial charge on any atom is 0.482 e. The summed E-state index contributed by atoms with van der Waals surface area (Å²) in [5.74, 6) is 0. The third-order valence-electron chi connectivity index (χ3n) is 0.927. The molecule has 2 atom stereocenters. The minimum Gasteiger partial charge on any atom is -0.425 e. The predicted molar refractivity (Wildman–Crippen MR) is 32.5 cm³/mol. The first-order valence-electron chi connectivity index (χ1n) is 2.76. The average molecular weight is 134 g/mol. The van der Waals surface area contributed by atoms with Crippen molar-refractivity contribution in [2.45, 2.75) is 25.5 Å². The maximum atomic E-state index is 8.64. The first kappa shape index (κ1) is 8.90. The topological polar surface area (TPSA) is 80.9 Å². The van der Waals surface area contributed by atoms with E-state index in [1.54, 1.807) is 0 Å². The summed E-state index contributed by atoms with van der Waals surface area (Å²) in [6.45, 7) is 1.46. The Kier molecular flexibility index (Phi) is 3.80. The molecule has 0 aliphatic carbocycles. The lowest BCUT2D eigenvalue weighted by Crippen LogP contribution is -2.33. The Morgan fingerprint density at radius 3 is 1.89 bits per heavy atom. The second kappa shape index (κ2) is 3.84. The van der Waals surface area contributed by atoms with Gasteiger partial charge in [0.1, 0.15) is 0 Å². The van der Waals surface area contributed by atoms with Crippen LogP contribution in [0.2, 0.25) is 0 Å². The van der Waals surface area contributed by atoms with Gasteiger partial charge in [-0.05, 0) is 13.3 Å². The molecule has 5 heteroatoms. The van der Waals surface area contributed by atoms with Crippen LogP contribution in [0.5, 0.6) is 0 Å². The van der Waals surface area contributed by atoms with E-state index in [4.69, 9.17) is 20.3 Å². The zero-order chi connectivity index (χ0) is 7.44. The molecular weight excluding hydrogens is 123 g/mol. The summed E-state index contributed by atoms with van der Waals surface area (Å²) in [7, 11) is -1.75. The molecule has 0 radical (unpaired) electrons. The highest BCUT2D eigenvalue weighted by atomic mass is 16.4. The van der Waals surface area contributed by atoms with Gasteiger partial charge in [0.05, 0.1) is 12.1 Å². The smallest absolute Gasteiger partial charge is 0.425 e. The fourth-order valence-electron chi connectivity index (χ4n) is 0.471. The Morgan fingerprint density at radius 2 is 1.78 bits per heavy atom. The minimum absolute atomic E-state index is 0.0162. The van der Waals surface area contributed by atoms with Gasteiger partial charge >= 0.3 is 7.12 Å². The van der Waals surface area contributed by atoms with Crippen molar-refractivity contribution >= 4 is 7.12 Å². The van der Waals surface area contributed by atoms with Gasteiger partial charge in [0, 0.05) is 0 Å². The molecule has 0 saturated heterocycles. The van der Waals surface area contributed by atoms with E-state index in [2.05, 4.69) is 0 Å². The largest absolute Gasteiger partial charge is 0.482 e. The fourth-order valence-corrected chi connectivity index (χ4v) is 0.471. The van der Waals surface area contributed by atoms with E-state index in [-0.39, 0.29) is 6.42 Å². The first-order chi connectivity index (χ1) is 4.04. The lowest BCUT2D eigenvalue weighted by atomic mass is 9.79. The molecular formula is C4H11BO4. The van der Waals surface area contributed by atoms with Gasteiger partial charge in [-0.3, -0.25) is 0 Å². The molecule has 0 spiro atoms. The average Bonchev–Trinajstić information content (AvgIpc) is 1.63. The molecule has 2 unspecified atom stereocenters. The van der Waals surface area contributed by atoms with Crippen LogP contribution in [0.4, 0.5) is 0 Å². The van der Waals surface area contributed by atoms with Crippen molar-refractivity contribution in [3.05, 3.63) is 0 Å². The van der Waals surface area contributed by atoms with Crippen molar-refractivity contribution in [3.63, 3.8) is 0 Å². The molecule has 0 aromatic heterocycles. The van der Waals surface area contributed by atoms with E-state index < -0.39 is 19.2 Å². The van der Waals surface area contributed by atoms with Crippen LogP contribution in [0.3, 0.4) is 0 Å². The zero-order valence-corrected chi connectivity index (χ0v) is 5.23. The highest BCUT2D eigenvalue weighted by Crippen LogP contribution is 1.97. The van der Waals surface area contributed by atoms with Crippen molar-refractivity contribution in [1.29, 1.82) is 0 Å². The van der Waals surface area contributed by atoms with Crippen LogP contribution in [0, 0.1) is 0 Å². The molecule has 4 nitrogen and oxygen atoms in total. The van der Waals surface area contributed by atoms with E-state index >= 15 is 0 Å². The highest BCUT2D eigenvalue weighted by Gasteiger charge is 2.21. The van der Waals surface area contributed by atoms with Gasteiger partial charge in [0.2, 0.25) is 0 Å². The third-order valence-corrected chi connectivity index (χ3v) is 0.927. The van der Waals surface area contributed by atoms with Crippen molar-refractivity contribution in [3.8, 4) is 0 Å². The van der Waals surface area contributed by atoms with Crippen molar-refractivity contribution in [2.24, 2.45) is 0 Å². The lowest BCUT2D eigenvalue weighted by molar-refractivity contribution is 0.110. The van der Waals surface area contributed by atoms with Gasteiger partial charge in [-0.15, -0.1) is 0 Å². The minimum atomic E-state index is -1.75. The SMILES string of the molecule is CC(O)CC(O)B(O)O. The molecule has 0 aliphatic rings. The summed E-state index contributed by atoms with van der Waals surface area (Å²) in [5.41, 5.74) is 0. The molecule has 9 heavy (non-hydrogen) atoms. The zero-order valence-electron chi connectivity index (χ0n) is 5.23. The van der Waals surface area contributed by atoms with Crippen LogP contribution in [0.15, 0.2) is 0 Å². The van der Waals surface area contributed by atoms with Crippen molar-refractivity contribution < 1.29 is 20.3 Å². The summed E-state index contributed by atoms with van der Waals surface area (Å²) < 4.78 is 0. The van der Waals surface area contributed by atoms with E-state index in [0.29, 0.717) is 0 Å². The van der Waals surface area contributed by atoms with Crippen molar-refractivity contribution in [1.82, 2.24) is 0 Å². The molecule has 0 aromatic rings. The molecule has 0 rings (SSSR count). The molecule has 54 valence electrons. The summed E-state index contributed by atoms with van der Waals surface area (Å²) in [4.78, 5) is 0. The van der Waals surface area contributed by atoms with Crippen molar-refractivity contribution in [2.75, 3.05) is 0 Å². The Hall–Kier alpha value is -0.0951. The number of rotatable bonds is 3. The molecule has 0 amide bonds. The van der Waals surface area contributed by atoms with Crippen LogP contribution < -0.4 is 0 Å². The molecule has 4 N–H and O–H groups in total. The molecule has 0 heterocycles. The summed E-state index contributed by atoms with van der Waals surface area (Å²) in [5, 5.41) is 33.8.